The van der Waals surface area contributed by atoms with Crippen LogP contribution >= 0.6 is 0 Å². The zero-order chi connectivity index (χ0) is 14.3. The highest BCUT2D eigenvalue weighted by molar-refractivity contribution is 5.69. The van der Waals surface area contributed by atoms with Crippen LogP contribution in [0.3, 0.4) is 0 Å². The van der Waals surface area contributed by atoms with E-state index in [9.17, 15) is 9.59 Å². The maximum Gasteiger partial charge on any atom is 0.307 e. The van der Waals surface area contributed by atoms with Crippen LogP contribution in [0.15, 0.2) is 17.2 Å². The molecule has 1 rings (SSSR count). The average molecular weight is 267 g/mol. The van der Waals surface area contributed by atoms with Gasteiger partial charge >= 0.3 is 5.97 Å². The van der Waals surface area contributed by atoms with Crippen LogP contribution in [0.5, 0.6) is 0 Å². The van der Waals surface area contributed by atoms with Crippen LogP contribution < -0.4 is 10.5 Å². The molecule has 0 N–H and O–H groups in total. The lowest BCUT2D eigenvalue weighted by molar-refractivity contribution is -0.140. The first-order valence-corrected chi connectivity index (χ1v) is 6.51. The van der Waals surface area contributed by atoms with Gasteiger partial charge in [-0.2, -0.15) is 0 Å². The summed E-state index contributed by atoms with van der Waals surface area (Å²) >= 11 is 0. The molecule has 19 heavy (non-hydrogen) atoms. The van der Waals surface area contributed by atoms with Gasteiger partial charge in [0.05, 0.1) is 13.5 Å². The number of nitrogens with zero attached hydrogens (tertiary/aromatic N) is 3. The van der Waals surface area contributed by atoms with Gasteiger partial charge in [-0.25, -0.2) is 4.98 Å². The predicted molar refractivity (Wildman–Crippen MR) is 73.3 cm³/mol. The number of methoxy groups -OCH3 is 1. The number of esters is 1. The monoisotopic (exact) mass is 267 g/mol. The lowest BCUT2D eigenvalue weighted by atomic mass is 10.3. The van der Waals surface area contributed by atoms with E-state index in [1.54, 1.807) is 21.9 Å². The molecule has 1 heterocycles. The lowest BCUT2D eigenvalue weighted by Gasteiger charge is -2.21. The van der Waals surface area contributed by atoms with Gasteiger partial charge < -0.3 is 14.2 Å². The van der Waals surface area contributed by atoms with Crippen LogP contribution in [0.1, 0.15) is 26.7 Å². The van der Waals surface area contributed by atoms with Crippen molar-refractivity contribution in [2.75, 3.05) is 25.1 Å². The second kappa shape index (κ2) is 7.56. The summed E-state index contributed by atoms with van der Waals surface area (Å²) in [5, 5.41) is 0. The summed E-state index contributed by atoms with van der Waals surface area (Å²) in [7, 11) is 1.35. The largest absolute Gasteiger partial charge is 0.469 e. The number of hydrogen-bond donors (Lipinski definition) is 0. The molecule has 0 aliphatic rings. The van der Waals surface area contributed by atoms with E-state index in [4.69, 9.17) is 0 Å². The number of carbonyl (C=O) groups excluding carboxylic acids is 1. The maximum atomic E-state index is 12.2. The molecular weight excluding hydrogens is 246 g/mol. The number of ether oxygens (including phenoxy) is 1. The summed E-state index contributed by atoms with van der Waals surface area (Å²) in [5.41, 5.74) is -0.115. The molecule has 0 aliphatic carbocycles. The normalized spacial score (nSPS) is 10.3. The van der Waals surface area contributed by atoms with E-state index in [1.165, 1.54) is 7.11 Å². The van der Waals surface area contributed by atoms with Gasteiger partial charge in [-0.3, -0.25) is 9.59 Å². The fourth-order valence-electron chi connectivity index (χ4n) is 1.81. The highest BCUT2D eigenvalue weighted by atomic mass is 16.5. The quantitative estimate of drug-likeness (QED) is 0.691. The highest BCUT2D eigenvalue weighted by Gasteiger charge is 2.13. The van der Waals surface area contributed by atoms with E-state index in [0.717, 1.165) is 6.42 Å². The molecule has 0 fully saturated rings. The maximum absolute atomic E-state index is 12.2. The Morgan fingerprint density at radius 3 is 2.79 bits per heavy atom. The first-order valence-electron chi connectivity index (χ1n) is 6.51. The molecule has 0 amide bonds. The fourth-order valence-corrected chi connectivity index (χ4v) is 1.81. The zero-order valence-corrected chi connectivity index (χ0v) is 11.8. The van der Waals surface area contributed by atoms with Gasteiger partial charge in [0.1, 0.15) is 0 Å². The Hall–Kier alpha value is -1.85. The Bertz CT molecular complexity index is 470. The lowest BCUT2D eigenvalue weighted by Crippen LogP contribution is -2.34. The van der Waals surface area contributed by atoms with E-state index in [-0.39, 0.29) is 17.9 Å². The molecule has 0 spiro atoms. The topological polar surface area (TPSA) is 64.4 Å². The van der Waals surface area contributed by atoms with Crippen molar-refractivity contribution in [3.63, 3.8) is 0 Å². The molecule has 0 aliphatic heterocycles. The average Bonchev–Trinajstić information content (AvgIpc) is 2.43. The van der Waals surface area contributed by atoms with Crippen LogP contribution in [0, 0.1) is 0 Å². The summed E-state index contributed by atoms with van der Waals surface area (Å²) in [6.45, 7) is 5.66. The highest BCUT2D eigenvalue weighted by Crippen LogP contribution is 2.05. The van der Waals surface area contributed by atoms with Gasteiger partial charge in [0.15, 0.2) is 5.82 Å². The van der Waals surface area contributed by atoms with Crippen LogP contribution in [0.4, 0.5) is 5.82 Å². The molecule has 0 bridgehead atoms. The predicted octanol–water partition coefficient (Wildman–Crippen LogP) is 1.04. The Morgan fingerprint density at radius 1 is 1.47 bits per heavy atom. The molecule has 1 aromatic heterocycles. The second-order valence-electron chi connectivity index (χ2n) is 4.16. The van der Waals surface area contributed by atoms with Crippen molar-refractivity contribution in [1.29, 1.82) is 0 Å². The van der Waals surface area contributed by atoms with E-state index < -0.39 is 0 Å². The Labute approximate surface area is 113 Å². The number of hydrogen-bond acceptors (Lipinski definition) is 5. The standard InChI is InChI=1S/C13H21N3O3/c1-4-8-16-10-7-14-12(13(16)18)15(5-2)9-6-11(17)19-3/h7,10H,4-6,8-9H2,1-3H3. The molecular formula is C13H21N3O3. The molecule has 0 radical (unpaired) electrons. The smallest absolute Gasteiger partial charge is 0.307 e. The molecule has 6 nitrogen and oxygen atoms in total. The number of aryl methyl sites for hydroxylation is 1. The van der Waals surface area contributed by atoms with E-state index in [2.05, 4.69) is 9.72 Å². The summed E-state index contributed by atoms with van der Waals surface area (Å²) < 4.78 is 6.25. The number of carbonyl (C=O) groups is 1. The molecule has 0 unspecified atom stereocenters. The third-order valence-electron chi connectivity index (χ3n) is 2.85. The van der Waals surface area contributed by atoms with Crippen molar-refractivity contribution in [3.05, 3.63) is 22.7 Å². The Kier molecular flexibility index (Phi) is 6.05. The fraction of sp³-hybridized carbons (Fsp3) is 0.615. The minimum Gasteiger partial charge on any atom is -0.469 e. The summed E-state index contributed by atoms with van der Waals surface area (Å²) in [6, 6.07) is 0. The van der Waals surface area contributed by atoms with Crippen LogP contribution in [-0.4, -0.2) is 35.7 Å². The van der Waals surface area contributed by atoms with Crippen molar-refractivity contribution < 1.29 is 9.53 Å². The number of anilines is 1. The Morgan fingerprint density at radius 2 is 2.21 bits per heavy atom. The van der Waals surface area contributed by atoms with E-state index in [0.29, 0.717) is 25.5 Å². The van der Waals surface area contributed by atoms with Crippen molar-refractivity contribution >= 4 is 11.8 Å². The van der Waals surface area contributed by atoms with Crippen molar-refractivity contribution in [2.24, 2.45) is 0 Å². The Balaban J connectivity index is 2.89. The van der Waals surface area contributed by atoms with Crippen molar-refractivity contribution in [1.82, 2.24) is 9.55 Å². The molecule has 0 saturated heterocycles. The van der Waals surface area contributed by atoms with Crippen LogP contribution in [0.2, 0.25) is 0 Å². The first kappa shape index (κ1) is 15.2. The molecule has 0 aromatic carbocycles. The van der Waals surface area contributed by atoms with Gasteiger partial charge in [-0.05, 0) is 13.3 Å². The van der Waals surface area contributed by atoms with Gasteiger partial charge in [-0.15, -0.1) is 0 Å². The first-order chi connectivity index (χ1) is 9.13. The second-order valence-corrected chi connectivity index (χ2v) is 4.16. The summed E-state index contributed by atoms with van der Waals surface area (Å²) in [6.07, 6.45) is 4.43. The van der Waals surface area contributed by atoms with Crippen LogP contribution in [-0.2, 0) is 16.1 Å². The molecule has 6 heteroatoms. The minimum absolute atomic E-state index is 0.115. The van der Waals surface area contributed by atoms with Gasteiger partial charge in [0.2, 0.25) is 0 Å². The summed E-state index contributed by atoms with van der Waals surface area (Å²) in [4.78, 5) is 29.3. The zero-order valence-electron chi connectivity index (χ0n) is 11.8. The molecule has 0 atom stereocenters. The number of aromatic nitrogens is 2. The van der Waals surface area contributed by atoms with E-state index >= 15 is 0 Å². The van der Waals surface area contributed by atoms with Gasteiger partial charge in [0.25, 0.3) is 5.56 Å². The van der Waals surface area contributed by atoms with Crippen molar-refractivity contribution in [2.45, 2.75) is 33.2 Å². The van der Waals surface area contributed by atoms with Gasteiger partial charge in [-0.1, -0.05) is 6.92 Å². The SMILES string of the molecule is CCCn1ccnc(N(CC)CCC(=O)OC)c1=O. The third kappa shape index (κ3) is 4.08. The molecule has 1 aromatic rings. The van der Waals surface area contributed by atoms with E-state index in [1.807, 2.05) is 13.8 Å². The van der Waals surface area contributed by atoms with Crippen molar-refractivity contribution in [3.8, 4) is 0 Å². The molecule has 0 saturated carbocycles. The number of rotatable bonds is 7. The minimum atomic E-state index is -0.289. The summed E-state index contributed by atoms with van der Waals surface area (Å²) in [5.74, 6) is 0.102. The van der Waals surface area contributed by atoms with Gasteiger partial charge in [0, 0.05) is 32.0 Å². The third-order valence-corrected chi connectivity index (χ3v) is 2.85. The van der Waals surface area contributed by atoms with Crippen LogP contribution in [0.25, 0.3) is 0 Å². The molecule has 106 valence electrons.